The van der Waals surface area contributed by atoms with Crippen LogP contribution in [0.3, 0.4) is 0 Å². The van der Waals surface area contributed by atoms with Crippen LogP contribution >= 0.6 is 46.4 Å². The van der Waals surface area contributed by atoms with Crippen LogP contribution in [0.5, 0.6) is 0 Å². The van der Waals surface area contributed by atoms with Crippen LogP contribution < -0.4 is 0 Å². The van der Waals surface area contributed by atoms with Gasteiger partial charge < -0.3 is 0 Å². The summed E-state index contributed by atoms with van der Waals surface area (Å²) in [7, 11) is 0. The summed E-state index contributed by atoms with van der Waals surface area (Å²) in [5, 5.41) is 0.455. The highest BCUT2D eigenvalue weighted by Gasteiger charge is 2.39. The minimum Gasteiger partial charge on any atom is -0.170 e. The average Bonchev–Trinajstić information content (AvgIpc) is 2.47. The number of halogens is 7. The fourth-order valence-electron chi connectivity index (χ4n) is 2.08. The average molecular weight is 414 g/mol. The molecule has 0 amide bonds. The predicted octanol–water partition coefficient (Wildman–Crippen LogP) is 7.97. The molecule has 24 heavy (non-hydrogen) atoms. The summed E-state index contributed by atoms with van der Waals surface area (Å²) < 4.78 is 40.3. The fraction of sp³-hybridized carbons (Fsp3) is 0.176. The quantitative estimate of drug-likeness (QED) is 0.447. The van der Waals surface area contributed by atoms with Gasteiger partial charge in [0.05, 0.1) is 21.0 Å². The third kappa shape index (κ3) is 4.60. The van der Waals surface area contributed by atoms with E-state index in [0.29, 0.717) is 10.6 Å². The molecule has 0 nitrogen and oxygen atoms in total. The molecule has 128 valence electrons. The van der Waals surface area contributed by atoms with Gasteiger partial charge in [0.15, 0.2) is 0 Å². The number of hydrogen-bond acceptors (Lipinski definition) is 0. The number of allylic oxidation sites excluding steroid dienone is 1. The van der Waals surface area contributed by atoms with Crippen molar-refractivity contribution in [1.29, 1.82) is 0 Å². The second-order valence-electron chi connectivity index (χ2n) is 5.19. The van der Waals surface area contributed by atoms with E-state index in [4.69, 9.17) is 46.4 Å². The van der Waals surface area contributed by atoms with Crippen LogP contribution in [-0.4, -0.2) is 6.18 Å². The van der Waals surface area contributed by atoms with Crippen LogP contribution in [0.1, 0.15) is 22.6 Å². The Kier molecular flexibility index (Phi) is 6.14. The van der Waals surface area contributed by atoms with Crippen molar-refractivity contribution in [1.82, 2.24) is 0 Å². The standard InChI is InChI=1S/C17H11Cl4F3/c1-9-2-3-10(6-13(9)18)4-5-12(17(22,23)24)11-7-14(19)16(21)15(20)8-11/h2-8,12H,1H3/b5-4+. The van der Waals surface area contributed by atoms with Gasteiger partial charge in [0, 0.05) is 5.02 Å². The predicted molar refractivity (Wildman–Crippen MR) is 95.5 cm³/mol. The summed E-state index contributed by atoms with van der Waals surface area (Å²) >= 11 is 23.5. The summed E-state index contributed by atoms with van der Waals surface area (Å²) in [4.78, 5) is 0. The van der Waals surface area contributed by atoms with E-state index < -0.39 is 12.1 Å². The van der Waals surface area contributed by atoms with Crippen molar-refractivity contribution in [3.05, 3.63) is 73.2 Å². The van der Waals surface area contributed by atoms with E-state index in [2.05, 4.69) is 0 Å². The lowest BCUT2D eigenvalue weighted by Gasteiger charge is -2.18. The molecular formula is C17H11Cl4F3. The Morgan fingerprint density at radius 2 is 1.50 bits per heavy atom. The van der Waals surface area contributed by atoms with Gasteiger partial charge in [0.25, 0.3) is 0 Å². The second-order valence-corrected chi connectivity index (χ2v) is 6.79. The summed E-state index contributed by atoms with van der Waals surface area (Å²) in [6.07, 6.45) is -2.11. The molecular weight excluding hydrogens is 403 g/mol. The first kappa shape index (κ1) is 19.5. The Morgan fingerprint density at radius 3 is 2.00 bits per heavy atom. The molecule has 2 aromatic rings. The normalized spacial score (nSPS) is 13.5. The molecule has 0 saturated heterocycles. The van der Waals surface area contributed by atoms with Crippen molar-refractivity contribution < 1.29 is 13.2 Å². The minimum absolute atomic E-state index is 0.0253. The van der Waals surface area contributed by atoms with Crippen molar-refractivity contribution in [3.63, 3.8) is 0 Å². The zero-order valence-electron chi connectivity index (χ0n) is 12.3. The van der Waals surface area contributed by atoms with E-state index in [0.717, 1.165) is 11.6 Å². The fourth-order valence-corrected chi connectivity index (χ4v) is 2.89. The lowest BCUT2D eigenvalue weighted by molar-refractivity contribution is -0.139. The van der Waals surface area contributed by atoms with Gasteiger partial charge in [0.1, 0.15) is 0 Å². The third-order valence-corrected chi connectivity index (χ3v) is 5.00. The van der Waals surface area contributed by atoms with E-state index in [9.17, 15) is 13.2 Å². The van der Waals surface area contributed by atoms with Gasteiger partial charge in [-0.1, -0.05) is 70.7 Å². The van der Waals surface area contributed by atoms with Crippen molar-refractivity contribution in [2.75, 3.05) is 0 Å². The lowest BCUT2D eigenvalue weighted by atomic mass is 9.97. The Morgan fingerprint density at radius 1 is 0.917 bits per heavy atom. The SMILES string of the molecule is Cc1ccc(/C=C/C(c2cc(Cl)c(Cl)c(Cl)c2)C(F)(F)F)cc1Cl. The maximum Gasteiger partial charge on any atom is 0.399 e. The maximum atomic E-state index is 13.4. The molecule has 2 aromatic carbocycles. The first-order valence-corrected chi connectivity index (χ1v) is 8.26. The van der Waals surface area contributed by atoms with Crippen molar-refractivity contribution in [2.45, 2.75) is 19.0 Å². The summed E-state index contributed by atoms with van der Waals surface area (Å²) in [5.74, 6) is -1.87. The van der Waals surface area contributed by atoms with Crippen LogP contribution in [0.4, 0.5) is 13.2 Å². The molecule has 0 aliphatic carbocycles. The second kappa shape index (κ2) is 7.57. The largest absolute Gasteiger partial charge is 0.399 e. The molecule has 0 aromatic heterocycles. The highest BCUT2D eigenvalue weighted by Crippen LogP contribution is 2.41. The molecule has 1 unspecified atom stereocenters. The number of benzene rings is 2. The molecule has 0 aliphatic heterocycles. The van der Waals surface area contributed by atoms with Crippen LogP contribution in [-0.2, 0) is 0 Å². The number of alkyl halides is 3. The summed E-state index contributed by atoms with van der Waals surface area (Å²) in [6.45, 7) is 1.81. The zero-order chi connectivity index (χ0) is 18.1. The number of rotatable bonds is 3. The summed E-state index contributed by atoms with van der Waals surface area (Å²) in [5.41, 5.74) is 1.32. The van der Waals surface area contributed by atoms with Gasteiger partial charge >= 0.3 is 6.18 Å². The number of aryl methyl sites for hydroxylation is 1. The Labute approximate surface area is 157 Å². The molecule has 0 heterocycles. The molecule has 1 atom stereocenters. The van der Waals surface area contributed by atoms with Crippen molar-refractivity contribution in [3.8, 4) is 0 Å². The van der Waals surface area contributed by atoms with Gasteiger partial charge in [-0.15, -0.1) is 0 Å². The molecule has 0 aliphatic rings. The highest BCUT2D eigenvalue weighted by molar-refractivity contribution is 6.48. The Bertz CT molecular complexity index is 759. The van der Waals surface area contributed by atoms with Gasteiger partial charge in [-0.25, -0.2) is 0 Å². The van der Waals surface area contributed by atoms with Crippen LogP contribution in [0.25, 0.3) is 6.08 Å². The molecule has 0 N–H and O–H groups in total. The van der Waals surface area contributed by atoms with E-state index in [1.54, 1.807) is 18.2 Å². The highest BCUT2D eigenvalue weighted by atomic mass is 35.5. The molecule has 0 spiro atoms. The molecule has 0 saturated carbocycles. The molecule has 0 bridgehead atoms. The van der Waals surface area contributed by atoms with E-state index in [-0.39, 0.29) is 20.6 Å². The Balaban J connectivity index is 2.43. The van der Waals surface area contributed by atoms with Crippen LogP contribution in [0.15, 0.2) is 36.4 Å². The number of hydrogen-bond donors (Lipinski definition) is 0. The lowest BCUT2D eigenvalue weighted by Crippen LogP contribution is -2.19. The van der Waals surface area contributed by atoms with Gasteiger partial charge in [-0.3, -0.25) is 0 Å². The zero-order valence-corrected chi connectivity index (χ0v) is 15.3. The van der Waals surface area contributed by atoms with Gasteiger partial charge in [0.2, 0.25) is 0 Å². The van der Waals surface area contributed by atoms with E-state index >= 15 is 0 Å². The van der Waals surface area contributed by atoms with Gasteiger partial charge in [-0.05, 0) is 41.8 Å². The van der Waals surface area contributed by atoms with Crippen LogP contribution in [0, 0.1) is 6.92 Å². The summed E-state index contributed by atoms with van der Waals surface area (Å²) in [6, 6.07) is 7.36. The molecule has 0 fully saturated rings. The maximum absolute atomic E-state index is 13.4. The Hall–Kier alpha value is -0.870. The van der Waals surface area contributed by atoms with Crippen molar-refractivity contribution >= 4 is 52.5 Å². The topological polar surface area (TPSA) is 0 Å². The minimum atomic E-state index is -4.51. The molecule has 2 rings (SSSR count). The third-order valence-electron chi connectivity index (χ3n) is 3.39. The molecule has 7 heteroatoms. The van der Waals surface area contributed by atoms with Crippen LogP contribution in [0.2, 0.25) is 20.1 Å². The van der Waals surface area contributed by atoms with E-state index in [1.807, 2.05) is 6.92 Å². The monoisotopic (exact) mass is 412 g/mol. The smallest absolute Gasteiger partial charge is 0.170 e. The first-order valence-electron chi connectivity index (χ1n) is 6.75. The van der Waals surface area contributed by atoms with Gasteiger partial charge in [-0.2, -0.15) is 13.2 Å². The molecule has 0 radical (unpaired) electrons. The first-order chi connectivity index (χ1) is 11.1. The van der Waals surface area contributed by atoms with Crippen molar-refractivity contribution in [2.24, 2.45) is 0 Å². The van der Waals surface area contributed by atoms with E-state index in [1.165, 1.54) is 18.2 Å².